The van der Waals surface area contributed by atoms with Gasteiger partial charge < -0.3 is 4.90 Å². The van der Waals surface area contributed by atoms with Crippen LogP contribution in [0.5, 0.6) is 0 Å². The van der Waals surface area contributed by atoms with E-state index in [1.165, 1.54) is 9.75 Å². The molecule has 0 saturated heterocycles. The maximum absolute atomic E-state index is 12.3. The lowest BCUT2D eigenvalue weighted by Gasteiger charge is -2.19. The maximum Gasteiger partial charge on any atom is 0.247 e. The molecule has 0 aliphatic rings. The van der Waals surface area contributed by atoms with E-state index in [1.807, 2.05) is 46.9 Å². The summed E-state index contributed by atoms with van der Waals surface area (Å²) in [5.41, 5.74) is 0. The predicted octanol–water partition coefficient (Wildman–Crippen LogP) is 4.47. The van der Waals surface area contributed by atoms with Crippen LogP contribution >= 0.6 is 22.7 Å². The monoisotopic (exact) mass is 303 g/mol. The summed E-state index contributed by atoms with van der Waals surface area (Å²) in [5.74, 6) is 0.0462. The molecule has 0 radical (unpaired) electrons. The third-order valence-corrected chi connectivity index (χ3v) is 4.43. The third-order valence-electron chi connectivity index (χ3n) is 2.71. The van der Waals surface area contributed by atoms with E-state index in [0.29, 0.717) is 13.1 Å². The molecule has 0 N–H and O–H groups in total. The number of carbonyl (C=O) groups excluding carboxylic acids is 1. The van der Waals surface area contributed by atoms with Gasteiger partial charge in [0.05, 0.1) is 13.1 Å². The van der Waals surface area contributed by atoms with Gasteiger partial charge in [0.1, 0.15) is 0 Å². The minimum Gasteiger partial charge on any atom is -0.329 e. The highest BCUT2D eigenvalue weighted by Crippen LogP contribution is 2.17. The maximum atomic E-state index is 12.3. The Morgan fingerprint density at radius 2 is 1.70 bits per heavy atom. The molecule has 1 amide bonds. The van der Waals surface area contributed by atoms with Crippen LogP contribution in [0.25, 0.3) is 0 Å². The lowest BCUT2D eigenvalue weighted by atomic mass is 10.3. The Hall–Kier alpha value is -1.65. The minimum atomic E-state index is 0.0462. The summed E-state index contributed by atoms with van der Waals surface area (Å²) in [4.78, 5) is 16.6. The first kappa shape index (κ1) is 14.8. The van der Waals surface area contributed by atoms with Gasteiger partial charge in [0.15, 0.2) is 0 Å². The summed E-state index contributed by atoms with van der Waals surface area (Å²) in [7, 11) is 0. The number of allylic oxidation sites excluding steroid dienone is 3. The number of carbonyl (C=O) groups is 1. The summed E-state index contributed by atoms with van der Waals surface area (Å²) in [5, 5.41) is 4.08. The molecule has 20 heavy (non-hydrogen) atoms. The van der Waals surface area contributed by atoms with Crippen LogP contribution in [-0.4, -0.2) is 10.8 Å². The molecule has 4 heteroatoms. The molecule has 0 atom stereocenters. The van der Waals surface area contributed by atoms with Gasteiger partial charge in [-0.15, -0.1) is 22.7 Å². The Bertz CT molecular complexity index is 531. The Morgan fingerprint density at radius 3 is 2.15 bits per heavy atom. The normalized spacial score (nSPS) is 11.4. The summed E-state index contributed by atoms with van der Waals surface area (Å²) >= 11 is 3.36. The third kappa shape index (κ3) is 4.47. The van der Waals surface area contributed by atoms with Crippen molar-refractivity contribution < 1.29 is 4.79 Å². The standard InChI is InChI=1S/C16H17NOS2/c1-2-3-4-9-16(18)17(12-14-7-5-10-19-14)13-15-8-6-11-20-15/h2-11H,12-13H2,1H3. The van der Waals surface area contributed by atoms with E-state index in [2.05, 4.69) is 12.1 Å². The quantitative estimate of drug-likeness (QED) is 0.569. The molecule has 0 fully saturated rings. The molecule has 0 aliphatic carbocycles. The largest absolute Gasteiger partial charge is 0.329 e. The molecule has 0 aliphatic heterocycles. The number of hydrogen-bond acceptors (Lipinski definition) is 3. The second-order valence-corrected chi connectivity index (χ2v) is 6.30. The van der Waals surface area contributed by atoms with Crippen molar-refractivity contribution in [3.05, 3.63) is 69.1 Å². The smallest absolute Gasteiger partial charge is 0.247 e. The number of nitrogens with zero attached hydrogens (tertiary/aromatic N) is 1. The highest BCUT2D eigenvalue weighted by molar-refractivity contribution is 7.10. The molecule has 2 heterocycles. The summed E-state index contributed by atoms with van der Waals surface area (Å²) in [6, 6.07) is 8.16. The van der Waals surface area contributed by atoms with Crippen LogP contribution in [0, 0.1) is 0 Å². The van der Waals surface area contributed by atoms with E-state index in [9.17, 15) is 4.79 Å². The van der Waals surface area contributed by atoms with E-state index in [1.54, 1.807) is 34.8 Å². The van der Waals surface area contributed by atoms with Crippen LogP contribution in [0.2, 0.25) is 0 Å². The van der Waals surface area contributed by atoms with Crippen LogP contribution in [0.4, 0.5) is 0 Å². The summed E-state index contributed by atoms with van der Waals surface area (Å²) in [6.45, 7) is 3.26. The van der Waals surface area contributed by atoms with Gasteiger partial charge in [-0.3, -0.25) is 4.79 Å². The number of amides is 1. The Kier molecular flexibility index (Phi) is 5.77. The van der Waals surface area contributed by atoms with Crippen molar-refractivity contribution in [3.63, 3.8) is 0 Å². The molecule has 104 valence electrons. The molecular weight excluding hydrogens is 286 g/mol. The van der Waals surface area contributed by atoms with Crippen molar-refractivity contribution in [2.75, 3.05) is 0 Å². The van der Waals surface area contributed by atoms with Gasteiger partial charge in [-0.2, -0.15) is 0 Å². The zero-order valence-electron chi connectivity index (χ0n) is 11.4. The van der Waals surface area contributed by atoms with E-state index in [0.717, 1.165) is 0 Å². The minimum absolute atomic E-state index is 0.0462. The zero-order chi connectivity index (χ0) is 14.2. The van der Waals surface area contributed by atoms with Crippen molar-refractivity contribution in [2.45, 2.75) is 20.0 Å². The first-order valence-corrected chi connectivity index (χ1v) is 8.18. The SMILES string of the molecule is CC=CC=CC(=O)N(Cc1cccs1)Cc1cccs1. The van der Waals surface area contributed by atoms with Crippen LogP contribution in [0.1, 0.15) is 16.7 Å². The molecule has 0 spiro atoms. The second-order valence-electron chi connectivity index (χ2n) is 4.24. The highest BCUT2D eigenvalue weighted by Gasteiger charge is 2.13. The molecule has 0 unspecified atom stereocenters. The van der Waals surface area contributed by atoms with E-state index < -0.39 is 0 Å². The van der Waals surface area contributed by atoms with Gasteiger partial charge >= 0.3 is 0 Å². The molecular formula is C16H17NOS2. The Balaban J connectivity index is 2.08. The lowest BCUT2D eigenvalue weighted by molar-refractivity contribution is -0.127. The van der Waals surface area contributed by atoms with E-state index in [-0.39, 0.29) is 5.91 Å². The Labute approximate surface area is 127 Å². The van der Waals surface area contributed by atoms with E-state index in [4.69, 9.17) is 0 Å². The van der Waals surface area contributed by atoms with Crippen molar-refractivity contribution in [3.8, 4) is 0 Å². The van der Waals surface area contributed by atoms with Crippen LogP contribution in [-0.2, 0) is 17.9 Å². The first-order valence-electron chi connectivity index (χ1n) is 6.42. The highest BCUT2D eigenvalue weighted by atomic mass is 32.1. The van der Waals surface area contributed by atoms with Gasteiger partial charge in [-0.1, -0.05) is 30.4 Å². The molecule has 0 bridgehead atoms. The van der Waals surface area contributed by atoms with Crippen molar-refractivity contribution in [1.82, 2.24) is 4.90 Å². The van der Waals surface area contributed by atoms with Crippen LogP contribution < -0.4 is 0 Å². The zero-order valence-corrected chi connectivity index (χ0v) is 13.0. The average molecular weight is 303 g/mol. The summed E-state index contributed by atoms with van der Waals surface area (Å²) in [6.07, 6.45) is 7.19. The number of thiophene rings is 2. The average Bonchev–Trinajstić information content (AvgIpc) is 3.11. The van der Waals surface area contributed by atoms with Crippen molar-refractivity contribution in [2.24, 2.45) is 0 Å². The fraction of sp³-hybridized carbons (Fsp3) is 0.188. The predicted molar refractivity (Wildman–Crippen MR) is 86.8 cm³/mol. The molecule has 2 nitrogen and oxygen atoms in total. The topological polar surface area (TPSA) is 20.3 Å². The lowest BCUT2D eigenvalue weighted by Crippen LogP contribution is -2.27. The second kappa shape index (κ2) is 7.82. The molecule has 0 saturated carbocycles. The van der Waals surface area contributed by atoms with Crippen molar-refractivity contribution >= 4 is 28.6 Å². The van der Waals surface area contributed by atoms with Gasteiger partial charge in [0.2, 0.25) is 5.91 Å². The Morgan fingerprint density at radius 1 is 1.10 bits per heavy atom. The van der Waals surface area contributed by atoms with E-state index >= 15 is 0 Å². The van der Waals surface area contributed by atoms with Crippen molar-refractivity contribution in [1.29, 1.82) is 0 Å². The van der Waals surface area contributed by atoms with Crippen LogP contribution in [0.3, 0.4) is 0 Å². The molecule has 2 aromatic rings. The molecule has 0 aromatic carbocycles. The van der Waals surface area contributed by atoms with Gasteiger partial charge in [0, 0.05) is 15.8 Å². The summed E-state index contributed by atoms with van der Waals surface area (Å²) < 4.78 is 0. The molecule has 2 rings (SSSR count). The molecule has 2 aromatic heterocycles. The fourth-order valence-electron chi connectivity index (χ4n) is 1.75. The van der Waals surface area contributed by atoms with Gasteiger partial charge in [-0.05, 0) is 29.8 Å². The van der Waals surface area contributed by atoms with Crippen LogP contribution in [0.15, 0.2) is 59.3 Å². The van der Waals surface area contributed by atoms with Gasteiger partial charge in [-0.25, -0.2) is 0 Å². The number of rotatable bonds is 6. The van der Waals surface area contributed by atoms with Gasteiger partial charge in [0.25, 0.3) is 0 Å². The first-order chi connectivity index (χ1) is 9.79. The fourth-order valence-corrected chi connectivity index (χ4v) is 3.19. The number of hydrogen-bond donors (Lipinski definition) is 0.